The molecule has 5 nitrogen and oxygen atoms in total. The Morgan fingerprint density at radius 2 is 1.70 bits per heavy atom. The highest BCUT2D eigenvalue weighted by Crippen LogP contribution is 2.32. The van der Waals surface area contributed by atoms with E-state index in [0.29, 0.717) is 11.3 Å². The summed E-state index contributed by atoms with van der Waals surface area (Å²) in [6.07, 6.45) is 0.723. The molecule has 1 aromatic rings. The minimum Gasteiger partial charge on any atom is -0.299 e. The van der Waals surface area contributed by atoms with Crippen molar-refractivity contribution in [2.75, 3.05) is 7.05 Å². The second kappa shape index (κ2) is 5.03. The second-order valence-corrected chi connectivity index (χ2v) is 6.74. The van der Waals surface area contributed by atoms with Crippen LogP contribution >= 0.6 is 0 Å². The van der Waals surface area contributed by atoms with Gasteiger partial charge in [0.2, 0.25) is 0 Å². The summed E-state index contributed by atoms with van der Waals surface area (Å²) >= 11 is 0. The fourth-order valence-corrected chi connectivity index (χ4v) is 4.06. The SMILES string of the molecule is CC1=C(C=O)C(C)N(S(=O)(=O)c2ccc(C)cc2)N1C. The summed E-state index contributed by atoms with van der Waals surface area (Å²) < 4.78 is 26.7. The third-order valence-electron chi connectivity index (χ3n) is 3.67. The number of allylic oxidation sites excluding steroid dienone is 1. The molecule has 1 aliphatic rings. The van der Waals surface area contributed by atoms with Crippen molar-refractivity contribution in [3.63, 3.8) is 0 Å². The van der Waals surface area contributed by atoms with Crippen LogP contribution < -0.4 is 0 Å². The van der Waals surface area contributed by atoms with Gasteiger partial charge in [0.15, 0.2) is 0 Å². The van der Waals surface area contributed by atoms with E-state index in [4.69, 9.17) is 0 Å². The number of aldehydes is 1. The monoisotopic (exact) mass is 294 g/mol. The fourth-order valence-electron chi connectivity index (χ4n) is 2.39. The summed E-state index contributed by atoms with van der Waals surface area (Å²) in [6.45, 7) is 5.35. The standard InChI is InChI=1S/C14H18N2O3S/c1-10-5-7-13(8-6-10)20(18,19)16-12(3)14(9-17)11(2)15(16)4/h5-9,12H,1-4H3. The van der Waals surface area contributed by atoms with E-state index in [1.807, 2.05) is 6.92 Å². The van der Waals surface area contributed by atoms with E-state index in [9.17, 15) is 13.2 Å². The number of carbonyl (C=O) groups is 1. The lowest BCUT2D eigenvalue weighted by Crippen LogP contribution is -2.43. The predicted octanol–water partition coefficient (Wildman–Crippen LogP) is 1.71. The molecule has 1 unspecified atom stereocenters. The molecule has 1 atom stereocenters. The number of carbonyl (C=O) groups excluding carboxylic acids is 1. The van der Waals surface area contributed by atoms with Gasteiger partial charge in [0.05, 0.1) is 10.9 Å². The van der Waals surface area contributed by atoms with Crippen molar-refractivity contribution in [3.8, 4) is 0 Å². The van der Waals surface area contributed by atoms with E-state index in [1.165, 1.54) is 9.42 Å². The Morgan fingerprint density at radius 3 is 2.15 bits per heavy atom. The minimum absolute atomic E-state index is 0.224. The first-order valence-corrected chi connectivity index (χ1v) is 7.75. The van der Waals surface area contributed by atoms with Crippen LogP contribution in [-0.4, -0.2) is 37.2 Å². The maximum absolute atomic E-state index is 12.7. The molecule has 1 aliphatic heterocycles. The number of nitrogens with zero attached hydrogens (tertiary/aromatic N) is 2. The lowest BCUT2D eigenvalue weighted by atomic mass is 10.1. The first-order valence-electron chi connectivity index (χ1n) is 6.31. The number of rotatable bonds is 3. The summed E-state index contributed by atoms with van der Waals surface area (Å²) in [5.41, 5.74) is 2.14. The molecule has 0 saturated heterocycles. The zero-order valence-corrected chi connectivity index (χ0v) is 12.8. The van der Waals surface area contributed by atoms with Gasteiger partial charge in [-0.3, -0.25) is 9.80 Å². The van der Waals surface area contributed by atoms with Crippen molar-refractivity contribution in [2.45, 2.75) is 31.7 Å². The van der Waals surface area contributed by atoms with E-state index in [2.05, 4.69) is 0 Å². The summed E-state index contributed by atoms with van der Waals surface area (Å²) in [6, 6.07) is 6.19. The third-order valence-corrected chi connectivity index (χ3v) is 5.59. The molecule has 0 aromatic heterocycles. The van der Waals surface area contributed by atoms with E-state index >= 15 is 0 Å². The molecule has 1 heterocycles. The van der Waals surface area contributed by atoms with Gasteiger partial charge in [-0.1, -0.05) is 17.7 Å². The lowest BCUT2D eigenvalue weighted by Gasteiger charge is -2.29. The molecule has 0 fully saturated rings. The average molecular weight is 294 g/mol. The van der Waals surface area contributed by atoms with Gasteiger partial charge in [-0.15, -0.1) is 4.41 Å². The minimum atomic E-state index is -3.67. The molecule has 0 aliphatic carbocycles. The molecule has 20 heavy (non-hydrogen) atoms. The van der Waals surface area contributed by atoms with Gasteiger partial charge in [0.1, 0.15) is 6.29 Å². The number of hydrogen-bond acceptors (Lipinski definition) is 4. The number of sulfonamides is 1. The summed E-state index contributed by atoms with van der Waals surface area (Å²) in [4.78, 5) is 11.3. The summed E-state index contributed by atoms with van der Waals surface area (Å²) in [5.74, 6) is 0. The molecule has 108 valence electrons. The maximum Gasteiger partial charge on any atom is 0.260 e. The predicted molar refractivity (Wildman–Crippen MR) is 76.2 cm³/mol. The van der Waals surface area contributed by atoms with Gasteiger partial charge in [-0.25, -0.2) is 8.42 Å². The topological polar surface area (TPSA) is 57.7 Å². The van der Waals surface area contributed by atoms with Gasteiger partial charge in [-0.05, 0) is 32.9 Å². The normalized spacial score (nSPS) is 20.6. The Morgan fingerprint density at radius 1 is 1.15 bits per heavy atom. The summed E-state index contributed by atoms with van der Waals surface area (Å²) in [7, 11) is -2.02. The first-order chi connectivity index (χ1) is 9.30. The quantitative estimate of drug-likeness (QED) is 0.796. The van der Waals surface area contributed by atoms with E-state index in [-0.39, 0.29) is 4.90 Å². The molecular formula is C14H18N2O3S. The highest BCUT2D eigenvalue weighted by Gasteiger charge is 2.40. The van der Waals surface area contributed by atoms with Gasteiger partial charge in [-0.2, -0.15) is 0 Å². The van der Waals surface area contributed by atoms with Crippen molar-refractivity contribution in [2.24, 2.45) is 0 Å². The zero-order chi connectivity index (χ0) is 15.1. The highest BCUT2D eigenvalue weighted by molar-refractivity contribution is 7.89. The van der Waals surface area contributed by atoms with Crippen LogP contribution in [0.5, 0.6) is 0 Å². The average Bonchev–Trinajstić information content (AvgIpc) is 2.61. The number of hydrazine groups is 1. The molecular weight excluding hydrogens is 276 g/mol. The van der Waals surface area contributed by atoms with Crippen LogP contribution in [0.4, 0.5) is 0 Å². The van der Waals surface area contributed by atoms with Gasteiger partial charge >= 0.3 is 0 Å². The summed E-state index contributed by atoms with van der Waals surface area (Å²) in [5, 5.41) is 1.52. The molecule has 0 amide bonds. The maximum atomic E-state index is 12.7. The van der Waals surface area contributed by atoms with Crippen molar-refractivity contribution >= 4 is 16.3 Å². The number of benzene rings is 1. The molecule has 0 saturated carbocycles. The molecule has 0 N–H and O–H groups in total. The Bertz CT molecular complexity index is 662. The molecule has 6 heteroatoms. The molecule has 1 aromatic carbocycles. The zero-order valence-electron chi connectivity index (χ0n) is 12.0. The van der Waals surface area contributed by atoms with Crippen LogP contribution in [0.1, 0.15) is 19.4 Å². The van der Waals surface area contributed by atoms with Gasteiger partial charge in [0.25, 0.3) is 10.0 Å². The van der Waals surface area contributed by atoms with Gasteiger partial charge < -0.3 is 0 Å². The number of hydrogen-bond donors (Lipinski definition) is 0. The van der Waals surface area contributed by atoms with Gasteiger partial charge in [0, 0.05) is 18.3 Å². The van der Waals surface area contributed by atoms with Crippen LogP contribution in [0.15, 0.2) is 40.4 Å². The number of aryl methyl sites for hydroxylation is 1. The van der Waals surface area contributed by atoms with Crippen LogP contribution in [0, 0.1) is 6.92 Å². The van der Waals surface area contributed by atoms with E-state index in [0.717, 1.165) is 11.8 Å². The van der Waals surface area contributed by atoms with Crippen LogP contribution in [-0.2, 0) is 14.8 Å². The highest BCUT2D eigenvalue weighted by atomic mass is 32.2. The van der Waals surface area contributed by atoms with Crippen LogP contribution in [0.3, 0.4) is 0 Å². The molecule has 0 bridgehead atoms. The third kappa shape index (κ3) is 2.14. The smallest absolute Gasteiger partial charge is 0.260 e. The first kappa shape index (κ1) is 14.7. The Balaban J connectivity index is 2.47. The van der Waals surface area contributed by atoms with Crippen molar-refractivity contribution in [1.29, 1.82) is 0 Å². The Labute approximate surface area is 119 Å². The van der Waals surface area contributed by atoms with Crippen molar-refractivity contribution in [1.82, 2.24) is 9.42 Å². The largest absolute Gasteiger partial charge is 0.299 e. The van der Waals surface area contributed by atoms with Crippen molar-refractivity contribution < 1.29 is 13.2 Å². The molecule has 0 spiro atoms. The fraction of sp³-hybridized carbons (Fsp3) is 0.357. The van der Waals surface area contributed by atoms with Crippen molar-refractivity contribution in [3.05, 3.63) is 41.1 Å². The van der Waals surface area contributed by atoms with Crippen LogP contribution in [0.2, 0.25) is 0 Å². The molecule has 0 radical (unpaired) electrons. The lowest BCUT2D eigenvalue weighted by molar-refractivity contribution is -0.105. The van der Waals surface area contributed by atoms with E-state index in [1.54, 1.807) is 45.2 Å². The second-order valence-electron chi connectivity index (χ2n) is 4.95. The van der Waals surface area contributed by atoms with E-state index < -0.39 is 16.1 Å². The van der Waals surface area contributed by atoms with Crippen LogP contribution in [0.25, 0.3) is 0 Å². The Hall–Kier alpha value is -1.66. The Kier molecular flexibility index (Phi) is 3.71. The molecule has 2 rings (SSSR count).